The Morgan fingerprint density at radius 1 is 1.38 bits per heavy atom. The van der Waals surface area contributed by atoms with Gasteiger partial charge >= 0.3 is 0 Å². The molecule has 1 aromatic rings. The fourth-order valence-corrected chi connectivity index (χ4v) is 3.08. The van der Waals surface area contributed by atoms with Crippen molar-refractivity contribution in [2.75, 3.05) is 19.3 Å². The average Bonchev–Trinajstić information content (AvgIpc) is 2.21. The zero-order valence-electron chi connectivity index (χ0n) is 9.49. The molecule has 0 unspecified atom stereocenters. The van der Waals surface area contributed by atoms with Gasteiger partial charge in [-0.15, -0.1) is 0 Å². The van der Waals surface area contributed by atoms with Gasteiger partial charge in [0.1, 0.15) is 0 Å². The van der Waals surface area contributed by atoms with E-state index in [0.29, 0.717) is 5.69 Å². The van der Waals surface area contributed by atoms with Gasteiger partial charge in [0.15, 0.2) is 0 Å². The lowest BCUT2D eigenvalue weighted by molar-refractivity contribution is 0.0652. The number of likely N-dealkylation sites (N-methyl/N-ethyl adjacent to an activating group) is 1. The summed E-state index contributed by atoms with van der Waals surface area (Å²) in [5.74, 6) is 0.0747. The topological polar surface area (TPSA) is 46.3 Å². The second-order valence-corrected chi connectivity index (χ2v) is 5.06. The molecule has 1 fully saturated rings. The summed E-state index contributed by atoms with van der Waals surface area (Å²) in [5, 5.41) is 0. The second kappa shape index (κ2) is 3.00. The molecule has 1 aromatic carbocycles. The maximum Gasteiger partial charge on any atom is 0.256 e. The predicted octanol–water partition coefficient (Wildman–Crippen LogP) is 1.78. The molecule has 0 radical (unpaired) electrons. The third-order valence-electron chi connectivity index (χ3n) is 4.08. The molecule has 1 aliphatic heterocycles. The van der Waals surface area contributed by atoms with Gasteiger partial charge in [-0.05, 0) is 24.5 Å². The van der Waals surface area contributed by atoms with E-state index in [1.807, 2.05) is 24.1 Å². The standard InChI is InChI=1S/C13H16N2O/c1-15-8-13(6-3-7-13)9-4-2-5-10(14)11(9)12(15)16/h2,4-5H,3,6-8,14H2,1H3. The number of rotatable bonds is 0. The minimum atomic E-state index is 0.0747. The molecule has 3 heteroatoms. The number of nitrogens with two attached hydrogens (primary N) is 1. The largest absolute Gasteiger partial charge is 0.398 e. The molecule has 3 nitrogen and oxygen atoms in total. The summed E-state index contributed by atoms with van der Waals surface area (Å²) in [6.07, 6.45) is 3.62. The van der Waals surface area contributed by atoms with Crippen LogP contribution in [-0.4, -0.2) is 24.4 Å². The third kappa shape index (κ3) is 1.06. The second-order valence-electron chi connectivity index (χ2n) is 5.06. The smallest absolute Gasteiger partial charge is 0.256 e. The van der Waals surface area contributed by atoms with Crippen LogP contribution in [0.1, 0.15) is 35.2 Å². The van der Waals surface area contributed by atoms with Crippen LogP contribution in [0.3, 0.4) is 0 Å². The van der Waals surface area contributed by atoms with Crippen LogP contribution in [0, 0.1) is 0 Å². The molecule has 0 atom stereocenters. The summed E-state index contributed by atoms with van der Waals surface area (Å²) in [4.78, 5) is 13.9. The van der Waals surface area contributed by atoms with Gasteiger partial charge < -0.3 is 10.6 Å². The highest BCUT2D eigenvalue weighted by Gasteiger charge is 2.46. The molecule has 0 bridgehead atoms. The molecular formula is C13H16N2O. The first kappa shape index (κ1) is 9.70. The summed E-state index contributed by atoms with van der Waals surface area (Å²) in [7, 11) is 1.87. The van der Waals surface area contributed by atoms with Crippen molar-refractivity contribution in [1.29, 1.82) is 0 Å². The van der Waals surface area contributed by atoms with Crippen molar-refractivity contribution in [3.05, 3.63) is 29.3 Å². The van der Waals surface area contributed by atoms with Crippen molar-refractivity contribution in [2.45, 2.75) is 24.7 Å². The highest BCUT2D eigenvalue weighted by molar-refractivity contribution is 6.02. The zero-order valence-corrected chi connectivity index (χ0v) is 9.49. The SMILES string of the molecule is CN1CC2(CCC2)c2cccc(N)c2C1=O. The van der Waals surface area contributed by atoms with Gasteiger partial charge in [-0.25, -0.2) is 0 Å². The highest BCUT2D eigenvalue weighted by atomic mass is 16.2. The number of hydrogen-bond acceptors (Lipinski definition) is 2. The molecule has 84 valence electrons. The molecule has 2 N–H and O–H groups in total. The molecule has 2 aliphatic rings. The number of nitrogen functional groups attached to an aromatic ring is 1. The van der Waals surface area contributed by atoms with Crippen molar-refractivity contribution in [2.24, 2.45) is 0 Å². The van der Waals surface area contributed by atoms with E-state index >= 15 is 0 Å². The Labute approximate surface area is 95.2 Å². The Morgan fingerprint density at radius 3 is 2.75 bits per heavy atom. The number of anilines is 1. The summed E-state index contributed by atoms with van der Waals surface area (Å²) in [6, 6.07) is 5.87. The van der Waals surface area contributed by atoms with Crippen LogP contribution in [0.2, 0.25) is 0 Å². The van der Waals surface area contributed by atoms with Crippen LogP contribution in [0.25, 0.3) is 0 Å². The van der Waals surface area contributed by atoms with Crippen LogP contribution in [0.15, 0.2) is 18.2 Å². The number of hydrogen-bond donors (Lipinski definition) is 1. The van der Waals surface area contributed by atoms with E-state index in [1.54, 1.807) is 0 Å². The minimum absolute atomic E-state index is 0.0747. The van der Waals surface area contributed by atoms with Gasteiger partial charge in [-0.1, -0.05) is 18.6 Å². The number of nitrogens with zero attached hydrogens (tertiary/aromatic N) is 1. The Balaban J connectivity index is 2.22. The zero-order chi connectivity index (χ0) is 11.3. The van der Waals surface area contributed by atoms with Crippen molar-refractivity contribution < 1.29 is 4.79 Å². The molecule has 3 rings (SSSR count). The van der Waals surface area contributed by atoms with Gasteiger partial charge in [0.25, 0.3) is 5.91 Å². The van der Waals surface area contributed by atoms with E-state index in [1.165, 1.54) is 24.8 Å². The maximum absolute atomic E-state index is 12.1. The molecule has 1 spiro atoms. The van der Waals surface area contributed by atoms with Crippen LogP contribution in [0.5, 0.6) is 0 Å². The highest BCUT2D eigenvalue weighted by Crippen LogP contribution is 2.48. The Morgan fingerprint density at radius 2 is 2.12 bits per heavy atom. The van der Waals surface area contributed by atoms with E-state index in [9.17, 15) is 4.79 Å². The number of fused-ring (bicyclic) bond motifs is 2. The van der Waals surface area contributed by atoms with Crippen LogP contribution >= 0.6 is 0 Å². The number of amides is 1. The quantitative estimate of drug-likeness (QED) is 0.672. The molecule has 1 heterocycles. The number of carbonyl (C=O) groups is 1. The van der Waals surface area contributed by atoms with Crippen LogP contribution in [0.4, 0.5) is 5.69 Å². The van der Waals surface area contributed by atoms with Crippen molar-refractivity contribution in [1.82, 2.24) is 4.90 Å². The Hall–Kier alpha value is -1.51. The number of benzene rings is 1. The summed E-state index contributed by atoms with van der Waals surface area (Å²) in [6.45, 7) is 0.849. The Kier molecular flexibility index (Phi) is 1.82. The molecule has 0 aromatic heterocycles. The fourth-order valence-electron chi connectivity index (χ4n) is 3.08. The summed E-state index contributed by atoms with van der Waals surface area (Å²) >= 11 is 0. The van der Waals surface area contributed by atoms with E-state index in [-0.39, 0.29) is 11.3 Å². The van der Waals surface area contributed by atoms with E-state index in [4.69, 9.17) is 5.73 Å². The summed E-state index contributed by atoms with van der Waals surface area (Å²) in [5.41, 5.74) is 8.70. The van der Waals surface area contributed by atoms with Gasteiger partial charge in [-0.3, -0.25) is 4.79 Å². The molecule has 1 saturated carbocycles. The first-order chi connectivity index (χ1) is 7.64. The normalized spacial score (nSPS) is 21.8. The molecule has 1 aliphatic carbocycles. The van der Waals surface area contributed by atoms with Gasteiger partial charge in [-0.2, -0.15) is 0 Å². The monoisotopic (exact) mass is 216 g/mol. The molecule has 1 amide bonds. The first-order valence-corrected chi connectivity index (χ1v) is 5.78. The number of carbonyl (C=O) groups excluding carboxylic acids is 1. The average molecular weight is 216 g/mol. The van der Waals surface area contributed by atoms with Gasteiger partial charge in [0.2, 0.25) is 0 Å². The van der Waals surface area contributed by atoms with Crippen molar-refractivity contribution in [3.8, 4) is 0 Å². The fraction of sp³-hybridized carbons (Fsp3) is 0.462. The van der Waals surface area contributed by atoms with E-state index in [0.717, 1.165) is 12.1 Å². The maximum atomic E-state index is 12.1. The molecule has 16 heavy (non-hydrogen) atoms. The lowest BCUT2D eigenvalue weighted by atomic mass is 9.61. The van der Waals surface area contributed by atoms with E-state index in [2.05, 4.69) is 6.07 Å². The van der Waals surface area contributed by atoms with Crippen LogP contribution < -0.4 is 5.73 Å². The molecular weight excluding hydrogens is 200 g/mol. The Bertz CT molecular complexity index is 463. The lowest BCUT2D eigenvalue weighted by Crippen LogP contribution is -2.51. The first-order valence-electron chi connectivity index (χ1n) is 5.78. The summed E-state index contributed by atoms with van der Waals surface area (Å²) < 4.78 is 0. The third-order valence-corrected chi connectivity index (χ3v) is 4.08. The van der Waals surface area contributed by atoms with Crippen molar-refractivity contribution in [3.63, 3.8) is 0 Å². The lowest BCUT2D eigenvalue weighted by Gasteiger charge is -2.49. The molecule has 0 saturated heterocycles. The van der Waals surface area contributed by atoms with E-state index < -0.39 is 0 Å². The van der Waals surface area contributed by atoms with Gasteiger partial charge in [0, 0.05) is 24.7 Å². The van der Waals surface area contributed by atoms with Gasteiger partial charge in [0.05, 0.1) is 5.56 Å². The predicted molar refractivity (Wildman–Crippen MR) is 63.3 cm³/mol. The minimum Gasteiger partial charge on any atom is -0.398 e. The van der Waals surface area contributed by atoms with Crippen molar-refractivity contribution >= 4 is 11.6 Å². The van der Waals surface area contributed by atoms with Crippen LogP contribution in [-0.2, 0) is 5.41 Å².